The zero-order valence-corrected chi connectivity index (χ0v) is 18.5. The van der Waals surface area contributed by atoms with Crippen molar-refractivity contribution in [2.24, 2.45) is 0 Å². The Bertz CT molecular complexity index is 762. The first-order valence-corrected chi connectivity index (χ1v) is 11.3. The Morgan fingerprint density at radius 2 is 1.76 bits per heavy atom. The van der Waals surface area contributed by atoms with Crippen molar-refractivity contribution in [3.63, 3.8) is 0 Å². The predicted octanol–water partition coefficient (Wildman–Crippen LogP) is 4.46. The van der Waals surface area contributed by atoms with Gasteiger partial charge in [0.25, 0.3) is 0 Å². The van der Waals surface area contributed by atoms with E-state index in [9.17, 15) is 9.59 Å². The van der Waals surface area contributed by atoms with Gasteiger partial charge in [-0.05, 0) is 44.4 Å². The van der Waals surface area contributed by atoms with E-state index < -0.39 is 6.04 Å². The minimum absolute atomic E-state index is 0.00959. The predicted molar refractivity (Wildman–Crippen MR) is 121 cm³/mol. The zero-order chi connectivity index (χ0) is 21.1. The summed E-state index contributed by atoms with van der Waals surface area (Å²) in [4.78, 5) is 28.4. The molecule has 0 aliphatic rings. The van der Waals surface area contributed by atoms with Crippen LogP contribution >= 0.6 is 11.8 Å². The number of thioether (sulfide) groups is 1. The number of carbonyl (C=O) groups excluding carboxylic acids is 2. The first-order valence-electron chi connectivity index (χ1n) is 10.3. The minimum Gasteiger partial charge on any atom is -0.354 e. The van der Waals surface area contributed by atoms with Crippen LogP contribution in [-0.4, -0.2) is 41.6 Å². The maximum atomic E-state index is 13.0. The number of aryl methyl sites for hydroxylation is 1. The Labute approximate surface area is 179 Å². The third-order valence-corrected chi connectivity index (χ3v) is 5.86. The van der Waals surface area contributed by atoms with E-state index in [1.54, 1.807) is 4.90 Å². The lowest BCUT2D eigenvalue weighted by atomic mass is 10.1. The molecule has 4 nitrogen and oxygen atoms in total. The average molecular weight is 413 g/mol. The molecule has 2 aromatic carbocycles. The van der Waals surface area contributed by atoms with Crippen LogP contribution < -0.4 is 5.32 Å². The van der Waals surface area contributed by atoms with E-state index in [-0.39, 0.29) is 11.8 Å². The highest BCUT2D eigenvalue weighted by molar-refractivity contribution is 8.00. The SMILES string of the molecule is CCCCNC(=O)[C@@H](C)N(CCc1ccccc1)C(=O)CSc1ccc(C)cc1. The van der Waals surface area contributed by atoms with Gasteiger partial charge in [0.15, 0.2) is 0 Å². The molecule has 1 N–H and O–H groups in total. The topological polar surface area (TPSA) is 49.4 Å². The van der Waals surface area contributed by atoms with Crippen LogP contribution in [0.2, 0.25) is 0 Å². The number of carbonyl (C=O) groups is 2. The van der Waals surface area contributed by atoms with Crippen molar-refractivity contribution in [2.75, 3.05) is 18.8 Å². The lowest BCUT2D eigenvalue weighted by molar-refractivity contribution is -0.137. The summed E-state index contributed by atoms with van der Waals surface area (Å²) in [5.41, 5.74) is 2.36. The molecule has 0 aromatic heterocycles. The highest BCUT2D eigenvalue weighted by atomic mass is 32.2. The molecule has 0 bridgehead atoms. The number of hydrogen-bond donors (Lipinski definition) is 1. The molecular weight excluding hydrogens is 380 g/mol. The van der Waals surface area contributed by atoms with Gasteiger partial charge in [-0.15, -0.1) is 11.8 Å². The number of nitrogens with one attached hydrogen (secondary N) is 1. The Hall–Kier alpha value is -2.27. The third-order valence-electron chi connectivity index (χ3n) is 4.86. The molecule has 0 unspecified atom stereocenters. The van der Waals surface area contributed by atoms with Gasteiger partial charge in [0.05, 0.1) is 5.75 Å². The average Bonchev–Trinajstić information content (AvgIpc) is 2.74. The fourth-order valence-electron chi connectivity index (χ4n) is 2.97. The maximum absolute atomic E-state index is 13.0. The second-order valence-corrected chi connectivity index (χ2v) is 8.29. The Kier molecular flexibility index (Phi) is 9.78. The first-order chi connectivity index (χ1) is 14.0. The first kappa shape index (κ1) is 23.0. The van der Waals surface area contributed by atoms with Crippen LogP contribution in [0.5, 0.6) is 0 Å². The van der Waals surface area contributed by atoms with E-state index >= 15 is 0 Å². The molecule has 2 rings (SSSR count). The van der Waals surface area contributed by atoms with E-state index in [0.29, 0.717) is 18.8 Å². The summed E-state index contributed by atoms with van der Waals surface area (Å²) >= 11 is 1.51. The highest BCUT2D eigenvalue weighted by Crippen LogP contribution is 2.19. The molecule has 2 amide bonds. The summed E-state index contributed by atoms with van der Waals surface area (Å²) < 4.78 is 0. The summed E-state index contributed by atoms with van der Waals surface area (Å²) in [6, 6.07) is 17.7. The molecular formula is C24H32N2O2S. The number of hydrogen-bond acceptors (Lipinski definition) is 3. The molecule has 29 heavy (non-hydrogen) atoms. The number of nitrogens with zero attached hydrogens (tertiary/aromatic N) is 1. The summed E-state index contributed by atoms with van der Waals surface area (Å²) in [5, 5.41) is 2.96. The van der Waals surface area contributed by atoms with Crippen molar-refractivity contribution < 1.29 is 9.59 Å². The molecule has 0 heterocycles. The fraction of sp³-hybridized carbons (Fsp3) is 0.417. The van der Waals surface area contributed by atoms with Gasteiger partial charge in [-0.2, -0.15) is 0 Å². The van der Waals surface area contributed by atoms with Gasteiger partial charge in [-0.3, -0.25) is 9.59 Å². The quantitative estimate of drug-likeness (QED) is 0.438. The zero-order valence-electron chi connectivity index (χ0n) is 17.7. The van der Waals surface area contributed by atoms with E-state index in [2.05, 4.69) is 24.4 Å². The van der Waals surface area contributed by atoms with Crippen LogP contribution in [-0.2, 0) is 16.0 Å². The lowest BCUT2D eigenvalue weighted by Crippen LogP contribution is -2.49. The van der Waals surface area contributed by atoms with Gasteiger partial charge >= 0.3 is 0 Å². The van der Waals surface area contributed by atoms with Crippen molar-refractivity contribution in [3.05, 3.63) is 65.7 Å². The molecule has 0 radical (unpaired) electrons. The fourth-order valence-corrected chi connectivity index (χ4v) is 3.75. The minimum atomic E-state index is -0.485. The second kappa shape index (κ2) is 12.3. The van der Waals surface area contributed by atoms with Crippen molar-refractivity contribution in [2.45, 2.75) is 51.0 Å². The molecule has 156 valence electrons. The van der Waals surface area contributed by atoms with Gasteiger partial charge in [-0.25, -0.2) is 0 Å². The highest BCUT2D eigenvalue weighted by Gasteiger charge is 2.25. The van der Waals surface area contributed by atoms with Gasteiger partial charge < -0.3 is 10.2 Å². The molecule has 0 saturated carbocycles. The summed E-state index contributed by atoms with van der Waals surface area (Å²) in [7, 11) is 0. The van der Waals surface area contributed by atoms with Crippen molar-refractivity contribution in [1.82, 2.24) is 10.2 Å². The molecule has 0 saturated heterocycles. The Morgan fingerprint density at radius 1 is 1.07 bits per heavy atom. The third kappa shape index (κ3) is 7.94. The number of amides is 2. The summed E-state index contributed by atoms with van der Waals surface area (Å²) in [6.45, 7) is 7.14. The van der Waals surface area contributed by atoms with Crippen molar-refractivity contribution in [3.8, 4) is 0 Å². The molecule has 2 aromatic rings. The van der Waals surface area contributed by atoms with Crippen LogP contribution in [0.1, 0.15) is 37.8 Å². The van der Waals surface area contributed by atoms with Crippen molar-refractivity contribution >= 4 is 23.6 Å². The maximum Gasteiger partial charge on any atom is 0.242 e. The molecule has 1 atom stereocenters. The largest absolute Gasteiger partial charge is 0.354 e. The Morgan fingerprint density at radius 3 is 2.41 bits per heavy atom. The monoisotopic (exact) mass is 412 g/mol. The van der Waals surface area contributed by atoms with Gasteiger partial charge in [0.1, 0.15) is 6.04 Å². The molecule has 5 heteroatoms. The van der Waals surface area contributed by atoms with Gasteiger partial charge in [0.2, 0.25) is 11.8 Å². The number of benzene rings is 2. The lowest BCUT2D eigenvalue weighted by Gasteiger charge is -2.28. The molecule has 0 spiro atoms. The second-order valence-electron chi connectivity index (χ2n) is 7.25. The van der Waals surface area contributed by atoms with Crippen LogP contribution in [0.25, 0.3) is 0 Å². The van der Waals surface area contributed by atoms with E-state index in [4.69, 9.17) is 0 Å². The molecule has 0 aliphatic heterocycles. The molecule has 0 aliphatic carbocycles. The van der Waals surface area contributed by atoms with Crippen LogP contribution in [0, 0.1) is 6.92 Å². The van der Waals surface area contributed by atoms with Crippen LogP contribution in [0.3, 0.4) is 0 Å². The van der Waals surface area contributed by atoms with E-state index in [1.165, 1.54) is 17.3 Å². The van der Waals surface area contributed by atoms with E-state index in [1.807, 2.05) is 56.3 Å². The summed E-state index contributed by atoms with van der Waals surface area (Å²) in [6.07, 6.45) is 2.70. The van der Waals surface area contributed by atoms with Gasteiger partial charge in [0, 0.05) is 18.0 Å². The normalized spacial score (nSPS) is 11.7. The standard InChI is InChI=1S/C24H32N2O2S/c1-4-5-16-25-24(28)20(3)26(17-15-21-9-7-6-8-10-21)23(27)18-29-22-13-11-19(2)12-14-22/h6-14,20H,4-5,15-18H2,1-3H3,(H,25,28)/t20-/m1/s1. The number of rotatable bonds is 11. The van der Waals surface area contributed by atoms with Crippen molar-refractivity contribution in [1.29, 1.82) is 0 Å². The van der Waals surface area contributed by atoms with Gasteiger partial charge in [-0.1, -0.05) is 61.4 Å². The Balaban J connectivity index is 2.01. The van der Waals surface area contributed by atoms with E-state index in [0.717, 1.165) is 29.7 Å². The molecule has 0 fully saturated rings. The van der Waals surface area contributed by atoms with Crippen LogP contribution in [0.15, 0.2) is 59.5 Å². The number of unbranched alkanes of at least 4 members (excludes halogenated alkanes) is 1. The smallest absolute Gasteiger partial charge is 0.242 e. The summed E-state index contributed by atoms with van der Waals surface area (Å²) in [5.74, 6) is 0.231. The van der Waals surface area contributed by atoms with Crippen LogP contribution in [0.4, 0.5) is 0 Å².